The summed E-state index contributed by atoms with van der Waals surface area (Å²) in [7, 11) is 0. The van der Waals surface area contributed by atoms with E-state index < -0.39 is 17.4 Å². The first-order chi connectivity index (χ1) is 8.45. The Labute approximate surface area is 116 Å². The fourth-order valence-corrected chi connectivity index (χ4v) is 3.22. The number of amides is 1. The zero-order valence-electron chi connectivity index (χ0n) is 9.60. The average molecular weight is 334 g/mol. The van der Waals surface area contributed by atoms with Gasteiger partial charge in [0.15, 0.2) is 0 Å². The number of carbonyl (C=O) groups is 2. The van der Waals surface area contributed by atoms with Crippen molar-refractivity contribution in [1.29, 1.82) is 0 Å². The van der Waals surface area contributed by atoms with Crippen molar-refractivity contribution >= 4 is 39.1 Å². The van der Waals surface area contributed by atoms with Gasteiger partial charge in [0.05, 0.1) is 19.3 Å². The number of nitrogens with one attached hydrogen (secondary N) is 1. The van der Waals surface area contributed by atoms with E-state index in [4.69, 9.17) is 4.74 Å². The Bertz CT molecular complexity index is 489. The summed E-state index contributed by atoms with van der Waals surface area (Å²) in [6, 6.07) is 1.26. The number of thiophene rings is 1. The lowest BCUT2D eigenvalue weighted by molar-refractivity contribution is -0.148. The number of carboxylic acids is 1. The Morgan fingerprint density at radius 2 is 2.39 bits per heavy atom. The van der Waals surface area contributed by atoms with Crippen molar-refractivity contribution in [2.75, 3.05) is 13.2 Å². The Hall–Kier alpha value is -0.920. The van der Waals surface area contributed by atoms with Crippen LogP contribution in [0.4, 0.5) is 0 Å². The summed E-state index contributed by atoms with van der Waals surface area (Å²) in [4.78, 5) is 23.8. The van der Waals surface area contributed by atoms with Crippen molar-refractivity contribution in [3.63, 3.8) is 0 Å². The number of aliphatic carboxylic acids is 1. The maximum absolute atomic E-state index is 12.0. The lowest BCUT2D eigenvalue weighted by atomic mass is 9.85. The second-order valence-corrected chi connectivity index (χ2v) is 6.13. The third-order valence-electron chi connectivity index (χ3n) is 3.07. The van der Waals surface area contributed by atoms with Crippen LogP contribution in [0.15, 0.2) is 15.9 Å². The van der Waals surface area contributed by atoms with Gasteiger partial charge in [-0.2, -0.15) is 0 Å². The molecule has 1 aliphatic rings. The Kier molecular flexibility index (Phi) is 3.74. The zero-order chi connectivity index (χ0) is 13.3. The maximum Gasteiger partial charge on any atom is 0.313 e. The molecule has 0 aromatic carbocycles. The van der Waals surface area contributed by atoms with Crippen LogP contribution in [0.2, 0.25) is 0 Å². The molecule has 2 unspecified atom stereocenters. The average Bonchev–Trinajstić information content (AvgIpc) is 2.87. The molecule has 1 saturated heterocycles. The van der Waals surface area contributed by atoms with Gasteiger partial charge >= 0.3 is 5.97 Å². The maximum atomic E-state index is 12.0. The van der Waals surface area contributed by atoms with E-state index in [1.807, 2.05) is 0 Å². The third-order valence-corrected chi connectivity index (χ3v) is 4.91. The molecule has 18 heavy (non-hydrogen) atoms. The summed E-state index contributed by atoms with van der Waals surface area (Å²) < 4.78 is 5.89. The zero-order valence-corrected chi connectivity index (χ0v) is 12.0. The molecule has 98 valence electrons. The molecule has 1 aromatic rings. The predicted molar refractivity (Wildman–Crippen MR) is 69.8 cm³/mol. The largest absolute Gasteiger partial charge is 0.481 e. The van der Waals surface area contributed by atoms with E-state index in [0.29, 0.717) is 9.35 Å². The van der Waals surface area contributed by atoms with Crippen molar-refractivity contribution in [2.45, 2.75) is 13.0 Å². The molecular formula is C11H12BrNO4S. The molecular weight excluding hydrogens is 322 g/mol. The van der Waals surface area contributed by atoms with Crippen LogP contribution in [-0.4, -0.2) is 36.2 Å². The molecule has 1 fully saturated rings. The van der Waals surface area contributed by atoms with Gasteiger partial charge in [-0.1, -0.05) is 0 Å². The van der Waals surface area contributed by atoms with E-state index in [1.54, 1.807) is 18.4 Å². The molecule has 0 spiro atoms. The van der Waals surface area contributed by atoms with E-state index in [0.717, 1.165) is 0 Å². The van der Waals surface area contributed by atoms with E-state index in [1.165, 1.54) is 11.3 Å². The predicted octanol–water partition coefficient (Wildman–Crippen LogP) is 1.73. The Morgan fingerprint density at radius 3 is 2.94 bits per heavy atom. The molecule has 7 heteroatoms. The smallest absolute Gasteiger partial charge is 0.313 e. The summed E-state index contributed by atoms with van der Waals surface area (Å²) in [6.45, 7) is 1.91. The SMILES string of the molecule is CC1(C(=O)O)COCC1NC(=O)c1sccc1Br. The fraction of sp³-hybridized carbons (Fsp3) is 0.455. The molecule has 2 N–H and O–H groups in total. The summed E-state index contributed by atoms with van der Waals surface area (Å²) in [5.41, 5.74) is -1.07. The number of ether oxygens (including phenoxy) is 1. The molecule has 0 aliphatic carbocycles. The van der Waals surface area contributed by atoms with Gasteiger partial charge in [0, 0.05) is 4.47 Å². The summed E-state index contributed by atoms with van der Waals surface area (Å²) in [6.07, 6.45) is 0. The highest BCUT2D eigenvalue weighted by Gasteiger charge is 2.47. The van der Waals surface area contributed by atoms with Crippen molar-refractivity contribution in [3.05, 3.63) is 20.8 Å². The lowest BCUT2D eigenvalue weighted by Gasteiger charge is -2.25. The summed E-state index contributed by atoms with van der Waals surface area (Å²) in [5.74, 6) is -1.24. The highest BCUT2D eigenvalue weighted by atomic mass is 79.9. The van der Waals surface area contributed by atoms with Crippen LogP contribution in [0.25, 0.3) is 0 Å². The minimum atomic E-state index is -1.07. The van der Waals surface area contributed by atoms with Crippen molar-refractivity contribution in [1.82, 2.24) is 5.32 Å². The number of carbonyl (C=O) groups excluding carboxylic acids is 1. The molecule has 1 amide bonds. The van der Waals surface area contributed by atoms with E-state index in [9.17, 15) is 14.7 Å². The van der Waals surface area contributed by atoms with Gasteiger partial charge < -0.3 is 15.2 Å². The summed E-state index contributed by atoms with van der Waals surface area (Å²) in [5, 5.41) is 13.7. The monoisotopic (exact) mass is 333 g/mol. The van der Waals surface area contributed by atoms with Gasteiger partial charge in [-0.05, 0) is 34.3 Å². The minimum absolute atomic E-state index is 0.110. The first-order valence-electron chi connectivity index (χ1n) is 5.30. The van der Waals surface area contributed by atoms with Crippen LogP contribution in [0.3, 0.4) is 0 Å². The van der Waals surface area contributed by atoms with E-state index >= 15 is 0 Å². The first kappa shape index (κ1) is 13.5. The highest BCUT2D eigenvalue weighted by Crippen LogP contribution is 2.30. The van der Waals surface area contributed by atoms with Crippen molar-refractivity contribution in [2.24, 2.45) is 5.41 Å². The van der Waals surface area contributed by atoms with Crippen LogP contribution in [0, 0.1) is 5.41 Å². The molecule has 0 bridgehead atoms. The van der Waals surface area contributed by atoms with Gasteiger partial charge in [0.1, 0.15) is 10.3 Å². The molecule has 2 atom stereocenters. The van der Waals surface area contributed by atoms with Crippen molar-refractivity contribution < 1.29 is 19.4 Å². The van der Waals surface area contributed by atoms with Crippen LogP contribution in [0.5, 0.6) is 0 Å². The van der Waals surface area contributed by atoms with Crippen LogP contribution in [0.1, 0.15) is 16.6 Å². The third kappa shape index (κ3) is 2.30. The van der Waals surface area contributed by atoms with Gasteiger partial charge in [0.2, 0.25) is 0 Å². The number of halogens is 1. The van der Waals surface area contributed by atoms with Gasteiger partial charge in [-0.3, -0.25) is 9.59 Å². The number of rotatable bonds is 3. The van der Waals surface area contributed by atoms with E-state index in [-0.39, 0.29) is 19.1 Å². The van der Waals surface area contributed by atoms with Crippen LogP contribution in [-0.2, 0) is 9.53 Å². The quantitative estimate of drug-likeness (QED) is 0.883. The first-order valence-corrected chi connectivity index (χ1v) is 6.97. The number of hydrogen-bond acceptors (Lipinski definition) is 4. The minimum Gasteiger partial charge on any atom is -0.481 e. The molecule has 0 saturated carbocycles. The molecule has 5 nitrogen and oxygen atoms in total. The Balaban J connectivity index is 2.13. The number of hydrogen-bond donors (Lipinski definition) is 2. The van der Waals surface area contributed by atoms with Gasteiger partial charge in [-0.15, -0.1) is 11.3 Å². The topological polar surface area (TPSA) is 75.6 Å². The lowest BCUT2D eigenvalue weighted by Crippen LogP contribution is -2.49. The molecule has 1 aromatic heterocycles. The van der Waals surface area contributed by atoms with E-state index in [2.05, 4.69) is 21.2 Å². The molecule has 0 radical (unpaired) electrons. The standard InChI is InChI=1S/C11H12BrNO4S/c1-11(10(15)16)5-17-4-7(11)13-9(14)8-6(12)2-3-18-8/h2-3,7H,4-5H2,1H3,(H,13,14)(H,15,16). The second-order valence-electron chi connectivity index (χ2n) is 4.36. The van der Waals surface area contributed by atoms with Gasteiger partial charge in [-0.25, -0.2) is 0 Å². The Morgan fingerprint density at radius 1 is 1.67 bits per heavy atom. The van der Waals surface area contributed by atoms with Crippen LogP contribution >= 0.6 is 27.3 Å². The second kappa shape index (κ2) is 4.99. The normalized spacial score (nSPS) is 27.1. The van der Waals surface area contributed by atoms with Crippen molar-refractivity contribution in [3.8, 4) is 0 Å². The molecule has 2 rings (SSSR count). The number of carboxylic acid groups (broad SMARTS) is 1. The summed E-state index contributed by atoms with van der Waals surface area (Å²) >= 11 is 4.58. The molecule has 1 aliphatic heterocycles. The fourth-order valence-electron chi connectivity index (χ4n) is 1.76. The molecule has 2 heterocycles. The van der Waals surface area contributed by atoms with Crippen LogP contribution < -0.4 is 5.32 Å². The van der Waals surface area contributed by atoms with Gasteiger partial charge in [0.25, 0.3) is 5.91 Å². The highest BCUT2D eigenvalue weighted by molar-refractivity contribution is 9.10.